The maximum Gasteiger partial charge on any atom is 0.289 e. The highest BCUT2D eigenvalue weighted by atomic mass is 32.2. The minimum Gasteiger partial charge on any atom is -0.459 e. The molecule has 30 heavy (non-hydrogen) atoms. The topological polar surface area (TPSA) is 143 Å². The molecule has 0 radical (unpaired) electrons. The van der Waals surface area contributed by atoms with Crippen LogP contribution < -0.4 is 5.32 Å². The van der Waals surface area contributed by atoms with Crippen LogP contribution >= 0.6 is 0 Å². The first-order valence-electron chi connectivity index (χ1n) is 9.11. The van der Waals surface area contributed by atoms with Gasteiger partial charge in [0.1, 0.15) is 0 Å². The van der Waals surface area contributed by atoms with Crippen LogP contribution in [-0.2, 0) is 10.0 Å². The molecular formula is C18H20N4O7S. The Balaban J connectivity index is 1.49. The van der Waals surface area contributed by atoms with Crippen molar-refractivity contribution >= 4 is 27.5 Å². The molecular weight excluding hydrogens is 416 g/mol. The van der Waals surface area contributed by atoms with Crippen LogP contribution in [0.2, 0.25) is 0 Å². The predicted octanol–water partition coefficient (Wildman–Crippen LogP) is 0.705. The average molecular weight is 436 g/mol. The number of piperazine rings is 1. The van der Waals surface area contributed by atoms with Crippen molar-refractivity contribution in [3.8, 4) is 0 Å². The van der Waals surface area contributed by atoms with Gasteiger partial charge in [0, 0.05) is 50.4 Å². The molecule has 2 aromatic rings. The summed E-state index contributed by atoms with van der Waals surface area (Å²) in [6.45, 7) is 0.619. The van der Waals surface area contributed by atoms with Crippen LogP contribution in [0.4, 0.5) is 5.69 Å². The number of rotatable bonds is 7. The van der Waals surface area contributed by atoms with E-state index < -0.39 is 20.9 Å². The van der Waals surface area contributed by atoms with Crippen molar-refractivity contribution in [2.45, 2.75) is 0 Å². The maximum atomic E-state index is 12.5. The Labute approximate surface area is 172 Å². The molecule has 2 amide bonds. The highest BCUT2D eigenvalue weighted by Crippen LogP contribution is 2.14. The van der Waals surface area contributed by atoms with Crippen molar-refractivity contribution in [2.75, 3.05) is 38.5 Å². The van der Waals surface area contributed by atoms with Crippen LogP contribution in [0.5, 0.6) is 0 Å². The van der Waals surface area contributed by atoms with E-state index in [1.54, 1.807) is 12.1 Å². The number of non-ortho nitro benzene ring substituents is 1. The van der Waals surface area contributed by atoms with Crippen LogP contribution in [-0.4, -0.2) is 72.8 Å². The number of furan rings is 1. The fourth-order valence-corrected chi connectivity index (χ4v) is 4.35. The van der Waals surface area contributed by atoms with Crippen LogP contribution in [0.1, 0.15) is 20.9 Å². The van der Waals surface area contributed by atoms with Gasteiger partial charge in [0.15, 0.2) is 5.76 Å². The van der Waals surface area contributed by atoms with Gasteiger partial charge in [-0.3, -0.25) is 19.7 Å². The van der Waals surface area contributed by atoms with Gasteiger partial charge in [-0.05, 0) is 18.2 Å². The van der Waals surface area contributed by atoms with E-state index in [0.717, 1.165) is 6.07 Å². The van der Waals surface area contributed by atoms with E-state index >= 15 is 0 Å². The second-order valence-corrected chi connectivity index (χ2v) is 8.64. The lowest BCUT2D eigenvalue weighted by molar-refractivity contribution is -0.384. The van der Waals surface area contributed by atoms with E-state index in [0.29, 0.717) is 0 Å². The second-order valence-electron chi connectivity index (χ2n) is 6.55. The van der Waals surface area contributed by atoms with Crippen molar-refractivity contribution in [3.05, 3.63) is 64.1 Å². The minimum absolute atomic E-state index is 0.0756. The van der Waals surface area contributed by atoms with Crippen molar-refractivity contribution in [1.29, 1.82) is 0 Å². The largest absolute Gasteiger partial charge is 0.459 e. The van der Waals surface area contributed by atoms with Gasteiger partial charge >= 0.3 is 0 Å². The van der Waals surface area contributed by atoms with Crippen LogP contribution in [0.3, 0.4) is 0 Å². The molecule has 1 aromatic carbocycles. The number of nitro groups is 1. The van der Waals surface area contributed by atoms with Crippen molar-refractivity contribution < 1.29 is 27.3 Å². The summed E-state index contributed by atoms with van der Waals surface area (Å²) >= 11 is 0. The third-order valence-electron chi connectivity index (χ3n) is 4.62. The maximum absolute atomic E-state index is 12.5. The summed E-state index contributed by atoms with van der Waals surface area (Å²) in [6.07, 6.45) is 1.40. The molecule has 0 bridgehead atoms. The van der Waals surface area contributed by atoms with E-state index in [1.165, 1.54) is 33.7 Å². The molecule has 1 N–H and O–H groups in total. The van der Waals surface area contributed by atoms with E-state index in [1.807, 2.05) is 0 Å². The third kappa shape index (κ3) is 5.02. The summed E-state index contributed by atoms with van der Waals surface area (Å²) in [5.74, 6) is -1.00. The van der Waals surface area contributed by atoms with Gasteiger partial charge in [0.25, 0.3) is 17.5 Å². The molecule has 3 rings (SSSR count). The quantitative estimate of drug-likeness (QED) is 0.497. The highest BCUT2D eigenvalue weighted by Gasteiger charge is 2.29. The number of nitrogens with zero attached hydrogens (tertiary/aromatic N) is 3. The number of amides is 2. The van der Waals surface area contributed by atoms with Gasteiger partial charge in [-0.2, -0.15) is 4.31 Å². The summed E-state index contributed by atoms with van der Waals surface area (Å²) in [5, 5.41) is 13.2. The highest BCUT2D eigenvalue weighted by molar-refractivity contribution is 7.89. The van der Waals surface area contributed by atoms with E-state index in [2.05, 4.69) is 5.32 Å². The van der Waals surface area contributed by atoms with Gasteiger partial charge in [-0.25, -0.2) is 8.42 Å². The number of carbonyl (C=O) groups is 2. The fourth-order valence-electron chi connectivity index (χ4n) is 3.01. The number of hydrogen-bond acceptors (Lipinski definition) is 7. The Kier molecular flexibility index (Phi) is 6.47. The molecule has 1 aliphatic heterocycles. The molecule has 160 valence electrons. The van der Waals surface area contributed by atoms with E-state index in [-0.39, 0.29) is 61.4 Å². The molecule has 0 aliphatic carbocycles. The van der Waals surface area contributed by atoms with Crippen molar-refractivity contribution in [2.24, 2.45) is 0 Å². The molecule has 2 heterocycles. The van der Waals surface area contributed by atoms with Gasteiger partial charge in [0.05, 0.1) is 16.9 Å². The summed E-state index contributed by atoms with van der Waals surface area (Å²) in [7, 11) is -3.64. The van der Waals surface area contributed by atoms with Gasteiger partial charge in [-0.1, -0.05) is 6.07 Å². The van der Waals surface area contributed by atoms with Crippen LogP contribution in [0.25, 0.3) is 0 Å². The summed E-state index contributed by atoms with van der Waals surface area (Å²) in [6, 6.07) is 8.33. The molecule has 1 aromatic heterocycles. The first-order valence-corrected chi connectivity index (χ1v) is 10.7. The first kappa shape index (κ1) is 21.5. The molecule has 12 heteroatoms. The van der Waals surface area contributed by atoms with Crippen LogP contribution in [0, 0.1) is 10.1 Å². The molecule has 0 atom stereocenters. The summed E-state index contributed by atoms with van der Waals surface area (Å²) in [4.78, 5) is 36.1. The number of hydrogen-bond donors (Lipinski definition) is 1. The zero-order chi connectivity index (χ0) is 21.7. The van der Waals surface area contributed by atoms with E-state index in [9.17, 15) is 28.1 Å². The Morgan fingerprint density at radius 3 is 2.50 bits per heavy atom. The molecule has 1 saturated heterocycles. The molecule has 0 spiro atoms. The molecule has 1 fully saturated rings. The zero-order valence-corrected chi connectivity index (χ0v) is 16.7. The lowest BCUT2D eigenvalue weighted by atomic mass is 10.2. The number of carbonyl (C=O) groups excluding carboxylic acids is 2. The number of nitrogens with one attached hydrogen (secondary N) is 1. The lowest BCUT2D eigenvalue weighted by Crippen LogP contribution is -2.51. The molecule has 1 aliphatic rings. The SMILES string of the molecule is O=C(NCCS(=O)(=O)N1CCN(C(=O)c2ccco2)CC1)c1cccc([N+](=O)[O-])c1. The minimum atomic E-state index is -3.64. The van der Waals surface area contributed by atoms with Crippen molar-refractivity contribution in [3.63, 3.8) is 0 Å². The Morgan fingerprint density at radius 1 is 1.13 bits per heavy atom. The smallest absolute Gasteiger partial charge is 0.289 e. The molecule has 0 unspecified atom stereocenters. The fraction of sp³-hybridized carbons (Fsp3) is 0.333. The predicted molar refractivity (Wildman–Crippen MR) is 105 cm³/mol. The number of nitro benzene ring substituents is 1. The molecule has 11 nitrogen and oxygen atoms in total. The second kappa shape index (κ2) is 9.05. The monoisotopic (exact) mass is 436 g/mol. The Morgan fingerprint density at radius 2 is 1.87 bits per heavy atom. The normalized spacial score (nSPS) is 15.0. The average Bonchev–Trinajstić information content (AvgIpc) is 3.28. The summed E-state index contributed by atoms with van der Waals surface area (Å²) < 4.78 is 31.4. The Hall–Kier alpha value is -3.25. The summed E-state index contributed by atoms with van der Waals surface area (Å²) in [5.41, 5.74) is -0.149. The van der Waals surface area contributed by atoms with E-state index in [4.69, 9.17) is 4.42 Å². The Bertz CT molecular complexity index is 1030. The standard InChI is InChI=1S/C18H20N4O7S/c23-17(14-3-1-4-15(13-14)22(25)26)19-6-12-30(27,28)21-9-7-20(8-10-21)18(24)16-5-2-11-29-16/h1-5,11,13H,6-10,12H2,(H,19,23). The number of sulfonamides is 1. The van der Waals surface area contributed by atoms with Gasteiger partial charge in [-0.15, -0.1) is 0 Å². The lowest BCUT2D eigenvalue weighted by Gasteiger charge is -2.33. The van der Waals surface area contributed by atoms with Crippen molar-refractivity contribution in [1.82, 2.24) is 14.5 Å². The molecule has 0 saturated carbocycles. The first-order chi connectivity index (χ1) is 14.3. The number of benzene rings is 1. The third-order valence-corrected chi connectivity index (χ3v) is 6.49. The van der Waals surface area contributed by atoms with Crippen LogP contribution in [0.15, 0.2) is 47.1 Å². The van der Waals surface area contributed by atoms with Gasteiger partial charge in [0.2, 0.25) is 10.0 Å². The zero-order valence-electron chi connectivity index (χ0n) is 15.9. The van der Waals surface area contributed by atoms with Gasteiger partial charge < -0.3 is 14.6 Å².